The third-order valence-electron chi connectivity index (χ3n) is 2.09. The quantitative estimate of drug-likeness (QED) is 0.803. The highest BCUT2D eigenvalue weighted by Gasteiger charge is 2.18. The monoisotopic (exact) mass is 212 g/mol. The van der Waals surface area contributed by atoms with E-state index in [4.69, 9.17) is 5.73 Å². The lowest BCUT2D eigenvalue weighted by Gasteiger charge is -2.26. The summed E-state index contributed by atoms with van der Waals surface area (Å²) in [5.41, 5.74) is 5.19. The molecule has 0 unspecified atom stereocenters. The summed E-state index contributed by atoms with van der Waals surface area (Å²) in [6.07, 6.45) is 3.02. The highest BCUT2D eigenvalue weighted by atomic mass is 19.1. The van der Waals surface area contributed by atoms with Crippen LogP contribution in [0, 0.1) is 5.82 Å². The summed E-state index contributed by atoms with van der Waals surface area (Å²) in [4.78, 5) is 7.39. The number of nitrogens with zero attached hydrogens (tertiary/aromatic N) is 2. The third kappa shape index (κ3) is 3.34. The molecular formula is C10H17FN4. The Morgan fingerprint density at radius 3 is 2.80 bits per heavy atom. The number of halogens is 1. The van der Waals surface area contributed by atoms with Gasteiger partial charge in [0.25, 0.3) is 0 Å². The van der Waals surface area contributed by atoms with Crippen LogP contribution in [0.5, 0.6) is 0 Å². The van der Waals surface area contributed by atoms with E-state index < -0.39 is 5.82 Å². The molecule has 0 saturated carbocycles. The van der Waals surface area contributed by atoms with Crippen molar-refractivity contribution in [3.8, 4) is 0 Å². The van der Waals surface area contributed by atoms with Crippen LogP contribution in [-0.2, 0) is 0 Å². The summed E-state index contributed by atoms with van der Waals surface area (Å²) >= 11 is 0. The van der Waals surface area contributed by atoms with Crippen molar-refractivity contribution in [1.82, 2.24) is 9.97 Å². The highest BCUT2D eigenvalue weighted by Crippen LogP contribution is 2.20. The number of aromatic nitrogens is 2. The smallest absolute Gasteiger partial charge is 0.222 e. The first kappa shape index (κ1) is 11.7. The fraction of sp³-hybridized carbons (Fsp3) is 0.600. The molecule has 0 bridgehead atoms. The SMILES string of the molecule is CCCC(C)(C)Nc1nc(N)ncc1F. The molecule has 0 radical (unpaired) electrons. The van der Waals surface area contributed by atoms with Gasteiger partial charge in [0, 0.05) is 5.54 Å². The molecule has 0 aromatic carbocycles. The number of anilines is 2. The number of rotatable bonds is 4. The van der Waals surface area contributed by atoms with Crippen molar-refractivity contribution >= 4 is 11.8 Å². The standard InChI is InChI=1S/C10H17FN4/c1-4-5-10(2,3)15-8-7(11)6-13-9(12)14-8/h6H,4-5H2,1-3H3,(H3,12,13,14,15). The first-order chi connectivity index (χ1) is 6.94. The van der Waals surface area contributed by atoms with Crippen LogP contribution in [0.4, 0.5) is 16.2 Å². The average molecular weight is 212 g/mol. The molecule has 0 aliphatic rings. The minimum atomic E-state index is -0.478. The zero-order valence-corrected chi connectivity index (χ0v) is 9.34. The van der Waals surface area contributed by atoms with Crippen LogP contribution >= 0.6 is 0 Å². The predicted molar refractivity (Wildman–Crippen MR) is 59.0 cm³/mol. The fourth-order valence-corrected chi connectivity index (χ4v) is 1.48. The van der Waals surface area contributed by atoms with Gasteiger partial charge in [0.15, 0.2) is 11.6 Å². The van der Waals surface area contributed by atoms with E-state index in [2.05, 4.69) is 22.2 Å². The van der Waals surface area contributed by atoms with Gasteiger partial charge in [0.05, 0.1) is 6.20 Å². The van der Waals surface area contributed by atoms with Crippen LogP contribution in [0.3, 0.4) is 0 Å². The largest absolute Gasteiger partial charge is 0.368 e. The van der Waals surface area contributed by atoms with Crippen molar-refractivity contribution < 1.29 is 4.39 Å². The molecule has 84 valence electrons. The van der Waals surface area contributed by atoms with Crippen molar-refractivity contribution in [3.63, 3.8) is 0 Å². The summed E-state index contributed by atoms with van der Waals surface area (Å²) in [6.45, 7) is 6.07. The molecule has 1 aromatic heterocycles. The van der Waals surface area contributed by atoms with Crippen LogP contribution in [0.1, 0.15) is 33.6 Å². The summed E-state index contributed by atoms with van der Waals surface area (Å²) in [7, 11) is 0. The molecule has 0 saturated heterocycles. The summed E-state index contributed by atoms with van der Waals surface area (Å²) in [5, 5.41) is 3.02. The minimum Gasteiger partial charge on any atom is -0.368 e. The number of nitrogen functional groups attached to an aromatic ring is 1. The minimum absolute atomic E-state index is 0.0752. The van der Waals surface area contributed by atoms with E-state index in [1.807, 2.05) is 13.8 Å². The van der Waals surface area contributed by atoms with Gasteiger partial charge >= 0.3 is 0 Å². The number of hydrogen-bond acceptors (Lipinski definition) is 4. The summed E-state index contributed by atoms with van der Waals surface area (Å²) in [6, 6.07) is 0. The molecule has 15 heavy (non-hydrogen) atoms. The first-order valence-corrected chi connectivity index (χ1v) is 5.01. The molecule has 1 aromatic rings. The van der Waals surface area contributed by atoms with Crippen LogP contribution in [-0.4, -0.2) is 15.5 Å². The topological polar surface area (TPSA) is 63.8 Å². The van der Waals surface area contributed by atoms with E-state index in [-0.39, 0.29) is 17.3 Å². The van der Waals surface area contributed by atoms with Gasteiger partial charge in [-0.15, -0.1) is 0 Å². The Hall–Kier alpha value is -1.39. The maximum absolute atomic E-state index is 13.3. The van der Waals surface area contributed by atoms with Crippen molar-refractivity contribution in [2.75, 3.05) is 11.1 Å². The maximum Gasteiger partial charge on any atom is 0.222 e. The number of nitrogens with two attached hydrogens (primary N) is 1. The Morgan fingerprint density at radius 2 is 2.20 bits per heavy atom. The van der Waals surface area contributed by atoms with Gasteiger partial charge < -0.3 is 11.1 Å². The van der Waals surface area contributed by atoms with Gasteiger partial charge in [0.2, 0.25) is 5.95 Å². The molecule has 1 heterocycles. The van der Waals surface area contributed by atoms with Crippen molar-refractivity contribution in [2.24, 2.45) is 0 Å². The second-order valence-electron chi connectivity index (χ2n) is 4.18. The molecule has 0 amide bonds. The zero-order chi connectivity index (χ0) is 11.5. The molecule has 0 atom stereocenters. The van der Waals surface area contributed by atoms with Crippen molar-refractivity contribution in [1.29, 1.82) is 0 Å². The normalized spacial score (nSPS) is 11.5. The Kier molecular flexibility index (Phi) is 3.44. The van der Waals surface area contributed by atoms with Crippen LogP contribution in [0.25, 0.3) is 0 Å². The molecule has 1 rings (SSSR count). The Labute approximate surface area is 89.1 Å². The van der Waals surface area contributed by atoms with E-state index >= 15 is 0 Å². The van der Waals surface area contributed by atoms with Crippen molar-refractivity contribution in [3.05, 3.63) is 12.0 Å². The third-order valence-corrected chi connectivity index (χ3v) is 2.09. The lowest BCUT2D eigenvalue weighted by Crippen LogP contribution is -2.31. The molecule has 0 spiro atoms. The van der Waals surface area contributed by atoms with E-state index in [0.29, 0.717) is 0 Å². The van der Waals surface area contributed by atoms with E-state index in [0.717, 1.165) is 19.0 Å². The lowest BCUT2D eigenvalue weighted by molar-refractivity contribution is 0.501. The van der Waals surface area contributed by atoms with Gasteiger partial charge in [-0.05, 0) is 20.3 Å². The van der Waals surface area contributed by atoms with Crippen LogP contribution in [0.15, 0.2) is 6.20 Å². The molecule has 0 aliphatic heterocycles. The number of hydrogen-bond donors (Lipinski definition) is 2. The van der Waals surface area contributed by atoms with Crippen molar-refractivity contribution in [2.45, 2.75) is 39.2 Å². The zero-order valence-electron chi connectivity index (χ0n) is 9.34. The van der Waals surface area contributed by atoms with Gasteiger partial charge in [-0.2, -0.15) is 4.98 Å². The van der Waals surface area contributed by atoms with E-state index in [1.165, 1.54) is 0 Å². The Morgan fingerprint density at radius 1 is 1.53 bits per heavy atom. The molecule has 0 aliphatic carbocycles. The molecular weight excluding hydrogens is 195 g/mol. The maximum atomic E-state index is 13.3. The summed E-state index contributed by atoms with van der Waals surface area (Å²) < 4.78 is 13.3. The molecule has 4 nitrogen and oxygen atoms in total. The molecule has 0 fully saturated rings. The van der Waals surface area contributed by atoms with Crippen LogP contribution in [0.2, 0.25) is 0 Å². The summed E-state index contributed by atoms with van der Waals surface area (Å²) in [5.74, 6) is -0.236. The van der Waals surface area contributed by atoms with Gasteiger partial charge in [-0.3, -0.25) is 0 Å². The van der Waals surface area contributed by atoms with Crippen LogP contribution < -0.4 is 11.1 Å². The lowest BCUT2D eigenvalue weighted by atomic mass is 9.99. The Balaban J connectivity index is 2.83. The highest BCUT2D eigenvalue weighted by molar-refractivity contribution is 5.41. The second kappa shape index (κ2) is 4.42. The van der Waals surface area contributed by atoms with E-state index in [9.17, 15) is 4.39 Å². The number of nitrogens with one attached hydrogen (secondary N) is 1. The molecule has 3 N–H and O–H groups in total. The molecule has 5 heteroatoms. The first-order valence-electron chi connectivity index (χ1n) is 5.01. The second-order valence-corrected chi connectivity index (χ2v) is 4.18. The van der Waals surface area contributed by atoms with Gasteiger partial charge in [-0.25, -0.2) is 9.37 Å². The van der Waals surface area contributed by atoms with Gasteiger partial charge in [-0.1, -0.05) is 13.3 Å². The average Bonchev–Trinajstić information content (AvgIpc) is 2.10. The van der Waals surface area contributed by atoms with E-state index in [1.54, 1.807) is 0 Å². The Bertz CT molecular complexity index is 338. The predicted octanol–water partition coefficient (Wildman–Crippen LogP) is 2.19. The fourth-order valence-electron chi connectivity index (χ4n) is 1.48. The van der Waals surface area contributed by atoms with Gasteiger partial charge in [0.1, 0.15) is 0 Å².